The monoisotopic (exact) mass is 906 g/mol. The average molecular weight is 907 g/mol. The predicted molar refractivity (Wildman–Crippen MR) is 278 cm³/mol. The summed E-state index contributed by atoms with van der Waals surface area (Å²) < 4.78 is 5.97. The summed E-state index contributed by atoms with van der Waals surface area (Å²) in [6.45, 7) is 6.54. The van der Waals surface area contributed by atoms with Crippen molar-refractivity contribution >= 4 is 11.9 Å². The minimum atomic E-state index is -0.780. The molecule has 6 heteroatoms. The van der Waals surface area contributed by atoms with E-state index in [2.05, 4.69) is 26.1 Å². The van der Waals surface area contributed by atoms with Crippen LogP contribution in [0, 0.1) is 0 Å². The molecule has 3 atom stereocenters. The van der Waals surface area contributed by atoms with Gasteiger partial charge in [-0.25, -0.2) is 0 Å². The highest BCUT2D eigenvalue weighted by Gasteiger charge is 2.24. The third-order valence-electron chi connectivity index (χ3n) is 13.9. The van der Waals surface area contributed by atoms with Gasteiger partial charge in [0.2, 0.25) is 5.91 Å². The van der Waals surface area contributed by atoms with E-state index in [-0.39, 0.29) is 24.9 Å². The Balaban J connectivity index is 4.47. The zero-order valence-corrected chi connectivity index (χ0v) is 43.7. The number of esters is 1. The summed E-state index contributed by atoms with van der Waals surface area (Å²) >= 11 is 0. The van der Waals surface area contributed by atoms with Crippen molar-refractivity contribution in [3.8, 4) is 0 Å². The van der Waals surface area contributed by atoms with Crippen LogP contribution in [0.15, 0.2) is 0 Å². The summed E-state index contributed by atoms with van der Waals surface area (Å²) in [5, 5.41) is 23.9. The average Bonchev–Trinajstić information content (AvgIpc) is 3.29. The lowest BCUT2D eigenvalue weighted by Crippen LogP contribution is -2.46. The van der Waals surface area contributed by atoms with Crippen LogP contribution in [0.2, 0.25) is 0 Å². The number of hydrogen-bond donors (Lipinski definition) is 3. The number of rotatable bonds is 54. The van der Waals surface area contributed by atoms with Gasteiger partial charge in [0.25, 0.3) is 0 Å². The molecule has 0 saturated carbocycles. The van der Waals surface area contributed by atoms with Crippen LogP contribution in [0.25, 0.3) is 0 Å². The minimum absolute atomic E-state index is 0.0886. The van der Waals surface area contributed by atoms with Crippen molar-refractivity contribution < 1.29 is 24.5 Å². The maximum Gasteiger partial charge on any atom is 0.306 e. The summed E-state index contributed by atoms with van der Waals surface area (Å²) in [6, 6.07) is -0.693. The largest absolute Gasteiger partial charge is 0.462 e. The number of unbranched alkanes of at least 4 members (excludes halogenated alkanes) is 42. The van der Waals surface area contributed by atoms with Crippen molar-refractivity contribution in [1.29, 1.82) is 0 Å². The van der Waals surface area contributed by atoms with Gasteiger partial charge in [0.1, 0.15) is 6.10 Å². The summed E-state index contributed by atoms with van der Waals surface area (Å²) in [5.41, 5.74) is 0. The second-order valence-electron chi connectivity index (χ2n) is 20.4. The summed E-state index contributed by atoms with van der Waals surface area (Å²) in [6.07, 6.45) is 58.8. The van der Waals surface area contributed by atoms with Gasteiger partial charge in [0.05, 0.1) is 25.2 Å². The van der Waals surface area contributed by atoms with Crippen molar-refractivity contribution in [1.82, 2.24) is 5.32 Å². The molecule has 0 bridgehead atoms. The SMILES string of the molecule is CCCCCCCCCCCCCCCCCCC(CC(=O)NC(CO)C(O)CCCCCCCCCCCCCCCCCC)OC(=O)CCCCCCCCCCCCCCC. The van der Waals surface area contributed by atoms with Gasteiger partial charge in [0, 0.05) is 6.42 Å². The molecular weight excluding hydrogens is 791 g/mol. The molecule has 3 unspecified atom stereocenters. The number of aliphatic hydroxyl groups is 2. The fourth-order valence-electron chi connectivity index (χ4n) is 9.49. The molecule has 0 aliphatic heterocycles. The molecule has 0 saturated heterocycles. The van der Waals surface area contributed by atoms with Crippen molar-refractivity contribution in [3.05, 3.63) is 0 Å². The van der Waals surface area contributed by atoms with E-state index in [1.807, 2.05) is 0 Å². The third-order valence-corrected chi connectivity index (χ3v) is 13.9. The first-order valence-corrected chi connectivity index (χ1v) is 29.3. The van der Waals surface area contributed by atoms with Gasteiger partial charge in [-0.1, -0.05) is 297 Å². The summed E-state index contributed by atoms with van der Waals surface area (Å²) in [4.78, 5) is 26.3. The first kappa shape index (κ1) is 62.9. The number of nitrogens with one attached hydrogen (secondary N) is 1. The van der Waals surface area contributed by atoms with E-state index in [9.17, 15) is 19.8 Å². The van der Waals surface area contributed by atoms with E-state index < -0.39 is 18.2 Å². The molecule has 0 rings (SSSR count). The fraction of sp³-hybridized carbons (Fsp3) is 0.966. The van der Waals surface area contributed by atoms with Crippen LogP contribution in [-0.4, -0.2) is 46.9 Å². The first-order valence-electron chi connectivity index (χ1n) is 29.3. The van der Waals surface area contributed by atoms with E-state index in [4.69, 9.17) is 4.74 Å². The topological polar surface area (TPSA) is 95.9 Å². The smallest absolute Gasteiger partial charge is 0.306 e. The predicted octanol–water partition coefficient (Wildman–Crippen LogP) is 17.9. The lowest BCUT2D eigenvalue weighted by molar-refractivity contribution is -0.151. The van der Waals surface area contributed by atoms with Crippen LogP contribution in [0.5, 0.6) is 0 Å². The molecule has 0 aliphatic rings. The molecule has 0 aromatic rings. The Morgan fingerprint density at radius 3 is 0.953 bits per heavy atom. The van der Waals surface area contributed by atoms with Crippen molar-refractivity contribution in [2.24, 2.45) is 0 Å². The second kappa shape index (κ2) is 52.8. The molecule has 3 N–H and O–H groups in total. The maximum atomic E-state index is 13.3. The summed E-state index contributed by atoms with van der Waals surface area (Å²) in [5.74, 6) is -0.445. The lowest BCUT2D eigenvalue weighted by atomic mass is 10.0. The van der Waals surface area contributed by atoms with Gasteiger partial charge in [0.15, 0.2) is 0 Å². The minimum Gasteiger partial charge on any atom is -0.462 e. The van der Waals surface area contributed by atoms with Crippen molar-refractivity contribution in [2.75, 3.05) is 6.61 Å². The standard InChI is InChI=1S/C58H115NO5/c1-4-7-10-13-16-19-22-25-27-29-32-34-37-40-43-46-49-54(64-58(63)51-48-45-42-39-36-31-24-21-18-15-12-9-6-3)52-57(62)59-55(53-60)56(61)50-47-44-41-38-35-33-30-28-26-23-20-17-14-11-8-5-2/h54-56,60-61H,4-53H2,1-3H3,(H,59,62). The van der Waals surface area contributed by atoms with Gasteiger partial charge < -0.3 is 20.3 Å². The quantitative estimate of drug-likeness (QED) is 0.0417. The highest BCUT2D eigenvalue weighted by Crippen LogP contribution is 2.19. The number of ether oxygens (including phenoxy) is 1. The number of amides is 1. The Bertz CT molecular complexity index is 928. The van der Waals surface area contributed by atoms with Crippen LogP contribution in [-0.2, 0) is 14.3 Å². The Kier molecular flexibility index (Phi) is 51.9. The molecule has 0 heterocycles. The van der Waals surface area contributed by atoms with Crippen LogP contribution >= 0.6 is 0 Å². The zero-order chi connectivity index (χ0) is 46.7. The van der Waals surface area contributed by atoms with Crippen LogP contribution < -0.4 is 5.32 Å². The highest BCUT2D eigenvalue weighted by molar-refractivity contribution is 5.77. The molecule has 0 radical (unpaired) electrons. The Hall–Kier alpha value is -1.14. The number of carbonyl (C=O) groups is 2. The van der Waals surface area contributed by atoms with Crippen LogP contribution in [0.1, 0.15) is 335 Å². The third kappa shape index (κ3) is 47.4. The number of carbonyl (C=O) groups excluding carboxylic acids is 2. The Labute approximate surface area is 400 Å². The van der Waals surface area contributed by atoms with E-state index in [1.54, 1.807) is 0 Å². The Morgan fingerprint density at radius 1 is 0.391 bits per heavy atom. The molecule has 382 valence electrons. The van der Waals surface area contributed by atoms with E-state index in [0.717, 1.165) is 38.5 Å². The molecule has 6 nitrogen and oxygen atoms in total. The highest BCUT2D eigenvalue weighted by atomic mass is 16.5. The van der Waals surface area contributed by atoms with E-state index in [1.165, 1.54) is 250 Å². The molecular formula is C58H115NO5. The molecule has 0 aromatic carbocycles. The van der Waals surface area contributed by atoms with Gasteiger partial charge in [-0.15, -0.1) is 0 Å². The molecule has 1 amide bonds. The number of hydrogen-bond acceptors (Lipinski definition) is 5. The van der Waals surface area contributed by atoms with Gasteiger partial charge in [-0.3, -0.25) is 9.59 Å². The zero-order valence-electron chi connectivity index (χ0n) is 43.7. The summed E-state index contributed by atoms with van der Waals surface area (Å²) in [7, 11) is 0. The molecule has 0 aliphatic carbocycles. The first-order chi connectivity index (χ1) is 31.5. The van der Waals surface area contributed by atoms with E-state index >= 15 is 0 Å². The van der Waals surface area contributed by atoms with Crippen LogP contribution in [0.4, 0.5) is 0 Å². The van der Waals surface area contributed by atoms with E-state index in [0.29, 0.717) is 19.3 Å². The molecule has 0 aromatic heterocycles. The van der Waals surface area contributed by atoms with Crippen molar-refractivity contribution in [3.63, 3.8) is 0 Å². The molecule has 0 spiro atoms. The van der Waals surface area contributed by atoms with Crippen LogP contribution in [0.3, 0.4) is 0 Å². The fourth-order valence-corrected chi connectivity index (χ4v) is 9.49. The van der Waals surface area contributed by atoms with Gasteiger partial charge in [-0.2, -0.15) is 0 Å². The van der Waals surface area contributed by atoms with Gasteiger partial charge >= 0.3 is 5.97 Å². The molecule has 64 heavy (non-hydrogen) atoms. The maximum absolute atomic E-state index is 13.3. The Morgan fingerprint density at radius 2 is 0.656 bits per heavy atom. The molecule has 0 fully saturated rings. The number of aliphatic hydroxyl groups excluding tert-OH is 2. The van der Waals surface area contributed by atoms with Gasteiger partial charge in [-0.05, 0) is 25.7 Å². The second-order valence-corrected chi connectivity index (χ2v) is 20.4. The van der Waals surface area contributed by atoms with Crippen molar-refractivity contribution in [2.45, 2.75) is 354 Å². The lowest BCUT2D eigenvalue weighted by Gasteiger charge is -2.24. The normalized spacial score (nSPS) is 13.0.